The summed E-state index contributed by atoms with van der Waals surface area (Å²) in [6, 6.07) is 4.04. The molecule has 1 aromatic carbocycles. The fraction of sp³-hybridized carbons (Fsp3) is 0.250. The summed E-state index contributed by atoms with van der Waals surface area (Å²) in [4.78, 5) is 4.12. The third kappa shape index (κ3) is 2.14. The van der Waals surface area contributed by atoms with Crippen molar-refractivity contribution in [3.63, 3.8) is 0 Å². The molecule has 0 spiro atoms. The van der Waals surface area contributed by atoms with Crippen molar-refractivity contribution < 1.29 is 9.13 Å². The predicted molar refractivity (Wildman–Crippen MR) is 62.2 cm³/mol. The van der Waals surface area contributed by atoms with Gasteiger partial charge in [-0.2, -0.15) is 0 Å². The zero-order valence-corrected chi connectivity index (χ0v) is 9.72. The minimum Gasteiger partial charge on any atom is -0.497 e. The number of rotatable bonds is 3. The Kier molecular flexibility index (Phi) is 3.10. The molecule has 0 saturated heterocycles. The van der Waals surface area contributed by atoms with Gasteiger partial charge in [0.1, 0.15) is 17.4 Å². The summed E-state index contributed by atoms with van der Waals surface area (Å²) in [5.74, 6) is 0.701. The summed E-state index contributed by atoms with van der Waals surface area (Å²) >= 11 is 0. The van der Waals surface area contributed by atoms with Crippen LogP contribution < -0.4 is 10.5 Å². The summed E-state index contributed by atoms with van der Waals surface area (Å²) < 4.78 is 20.5. The van der Waals surface area contributed by atoms with Gasteiger partial charge in [-0.3, -0.25) is 0 Å². The monoisotopic (exact) mass is 235 g/mol. The number of nitrogens with zero attached hydrogens (tertiary/aromatic N) is 2. The van der Waals surface area contributed by atoms with Gasteiger partial charge in [0.15, 0.2) is 0 Å². The molecule has 4 nitrogen and oxygen atoms in total. The van der Waals surface area contributed by atoms with Crippen molar-refractivity contribution in [1.82, 2.24) is 9.55 Å². The molecule has 0 amide bonds. The van der Waals surface area contributed by atoms with Gasteiger partial charge in [0, 0.05) is 31.1 Å². The van der Waals surface area contributed by atoms with Crippen LogP contribution in [0, 0.1) is 5.82 Å². The molecule has 2 rings (SSSR count). The summed E-state index contributed by atoms with van der Waals surface area (Å²) in [6.07, 6.45) is 3.41. The number of methoxy groups -OCH3 is 1. The molecule has 0 bridgehead atoms. The second-order valence-corrected chi connectivity index (χ2v) is 3.76. The number of benzene rings is 1. The smallest absolute Gasteiger partial charge is 0.132 e. The lowest BCUT2D eigenvalue weighted by Gasteiger charge is -2.13. The van der Waals surface area contributed by atoms with Crippen LogP contribution in [0.15, 0.2) is 30.6 Å². The van der Waals surface area contributed by atoms with Crippen LogP contribution in [-0.4, -0.2) is 16.7 Å². The van der Waals surface area contributed by atoms with E-state index in [1.54, 1.807) is 29.1 Å². The number of nitrogens with two attached hydrogens (primary N) is 1. The number of ether oxygens (including phenoxy) is 1. The topological polar surface area (TPSA) is 53.1 Å². The van der Waals surface area contributed by atoms with Crippen molar-refractivity contribution >= 4 is 0 Å². The minimum absolute atomic E-state index is 0.389. The fourth-order valence-electron chi connectivity index (χ4n) is 1.70. The van der Waals surface area contributed by atoms with Crippen molar-refractivity contribution in [1.29, 1.82) is 0 Å². The van der Waals surface area contributed by atoms with Gasteiger partial charge >= 0.3 is 0 Å². The lowest BCUT2D eigenvalue weighted by molar-refractivity contribution is 0.410. The van der Waals surface area contributed by atoms with E-state index in [1.807, 2.05) is 7.05 Å². The Bertz CT molecular complexity index is 524. The summed E-state index contributed by atoms with van der Waals surface area (Å²) in [6.45, 7) is 0. The number of aryl methyl sites for hydroxylation is 1. The van der Waals surface area contributed by atoms with E-state index in [-0.39, 0.29) is 5.82 Å². The van der Waals surface area contributed by atoms with Gasteiger partial charge in [0.25, 0.3) is 0 Å². The van der Waals surface area contributed by atoms with E-state index in [0.29, 0.717) is 17.1 Å². The summed E-state index contributed by atoms with van der Waals surface area (Å²) in [5.41, 5.74) is 6.39. The lowest BCUT2D eigenvalue weighted by Crippen LogP contribution is -2.17. The van der Waals surface area contributed by atoms with E-state index in [0.717, 1.165) is 0 Å². The number of hydrogen-bond donors (Lipinski definition) is 1. The molecule has 2 N–H and O–H groups in total. The van der Waals surface area contributed by atoms with Crippen LogP contribution in [0.4, 0.5) is 4.39 Å². The van der Waals surface area contributed by atoms with Gasteiger partial charge in [0.2, 0.25) is 0 Å². The molecule has 0 aliphatic heterocycles. The van der Waals surface area contributed by atoms with Crippen LogP contribution >= 0.6 is 0 Å². The van der Waals surface area contributed by atoms with Gasteiger partial charge in [0.05, 0.1) is 13.2 Å². The van der Waals surface area contributed by atoms with Gasteiger partial charge in [-0.25, -0.2) is 9.37 Å². The molecule has 1 aromatic heterocycles. The van der Waals surface area contributed by atoms with E-state index >= 15 is 0 Å². The molecular weight excluding hydrogens is 221 g/mol. The Balaban J connectivity index is 2.38. The molecule has 1 heterocycles. The van der Waals surface area contributed by atoms with Crippen LogP contribution in [0.3, 0.4) is 0 Å². The molecule has 90 valence electrons. The Hall–Kier alpha value is -1.88. The normalized spacial score (nSPS) is 12.5. The summed E-state index contributed by atoms with van der Waals surface area (Å²) in [5, 5.41) is 0. The SMILES string of the molecule is COc1ccc(C(N)c2nccn2C)c(F)c1. The zero-order chi connectivity index (χ0) is 12.4. The van der Waals surface area contributed by atoms with E-state index in [1.165, 1.54) is 13.2 Å². The molecule has 0 aliphatic carbocycles. The van der Waals surface area contributed by atoms with Crippen molar-refractivity contribution in [3.8, 4) is 5.75 Å². The van der Waals surface area contributed by atoms with Crippen molar-refractivity contribution in [2.45, 2.75) is 6.04 Å². The Morgan fingerprint density at radius 1 is 1.47 bits per heavy atom. The average molecular weight is 235 g/mol. The number of aromatic nitrogens is 2. The maximum absolute atomic E-state index is 13.8. The molecule has 1 atom stereocenters. The van der Waals surface area contributed by atoms with Gasteiger partial charge in [-0.1, -0.05) is 6.07 Å². The van der Waals surface area contributed by atoms with Crippen molar-refractivity contribution in [2.75, 3.05) is 7.11 Å². The van der Waals surface area contributed by atoms with Crippen LogP contribution in [0.2, 0.25) is 0 Å². The van der Waals surface area contributed by atoms with Gasteiger partial charge in [-0.15, -0.1) is 0 Å². The number of halogens is 1. The zero-order valence-electron chi connectivity index (χ0n) is 9.72. The number of imidazole rings is 1. The highest BCUT2D eigenvalue weighted by atomic mass is 19.1. The molecule has 5 heteroatoms. The summed E-state index contributed by atoms with van der Waals surface area (Å²) in [7, 11) is 3.32. The maximum Gasteiger partial charge on any atom is 0.132 e. The van der Waals surface area contributed by atoms with Crippen molar-refractivity contribution in [3.05, 3.63) is 47.8 Å². The fourth-order valence-corrected chi connectivity index (χ4v) is 1.70. The third-order valence-corrected chi connectivity index (χ3v) is 2.68. The second-order valence-electron chi connectivity index (χ2n) is 3.76. The van der Waals surface area contributed by atoms with Gasteiger partial charge in [-0.05, 0) is 6.07 Å². The average Bonchev–Trinajstić information content (AvgIpc) is 2.74. The third-order valence-electron chi connectivity index (χ3n) is 2.68. The molecule has 0 saturated carbocycles. The Morgan fingerprint density at radius 3 is 2.76 bits per heavy atom. The Labute approximate surface area is 98.8 Å². The van der Waals surface area contributed by atoms with Gasteiger partial charge < -0.3 is 15.0 Å². The first-order valence-corrected chi connectivity index (χ1v) is 5.19. The Morgan fingerprint density at radius 2 is 2.24 bits per heavy atom. The van der Waals surface area contributed by atoms with Crippen LogP contribution in [-0.2, 0) is 7.05 Å². The van der Waals surface area contributed by atoms with E-state index < -0.39 is 6.04 Å². The largest absolute Gasteiger partial charge is 0.497 e. The molecule has 0 aliphatic rings. The van der Waals surface area contributed by atoms with Crippen LogP contribution in [0.5, 0.6) is 5.75 Å². The standard InChI is InChI=1S/C12H14FN3O/c1-16-6-5-15-12(16)11(14)9-4-3-8(17-2)7-10(9)13/h3-7,11H,14H2,1-2H3. The van der Waals surface area contributed by atoms with Crippen molar-refractivity contribution in [2.24, 2.45) is 12.8 Å². The maximum atomic E-state index is 13.8. The van der Waals surface area contributed by atoms with E-state index in [2.05, 4.69) is 4.98 Å². The van der Waals surface area contributed by atoms with E-state index in [9.17, 15) is 4.39 Å². The molecule has 1 unspecified atom stereocenters. The lowest BCUT2D eigenvalue weighted by atomic mass is 10.1. The predicted octanol–water partition coefficient (Wildman–Crippen LogP) is 1.62. The highest BCUT2D eigenvalue weighted by Crippen LogP contribution is 2.24. The first-order valence-electron chi connectivity index (χ1n) is 5.19. The van der Waals surface area contributed by atoms with Crippen LogP contribution in [0.25, 0.3) is 0 Å². The van der Waals surface area contributed by atoms with E-state index in [4.69, 9.17) is 10.5 Å². The number of hydrogen-bond acceptors (Lipinski definition) is 3. The highest BCUT2D eigenvalue weighted by molar-refractivity contribution is 5.33. The molecular formula is C12H14FN3O. The molecule has 2 aromatic rings. The highest BCUT2D eigenvalue weighted by Gasteiger charge is 2.17. The molecule has 0 radical (unpaired) electrons. The molecule has 17 heavy (non-hydrogen) atoms. The quantitative estimate of drug-likeness (QED) is 0.879. The van der Waals surface area contributed by atoms with Crippen LogP contribution in [0.1, 0.15) is 17.4 Å². The molecule has 0 fully saturated rings. The second kappa shape index (κ2) is 4.55. The first-order chi connectivity index (χ1) is 8.13. The first kappa shape index (κ1) is 11.6. The minimum atomic E-state index is -0.582.